The van der Waals surface area contributed by atoms with Gasteiger partial charge in [0.1, 0.15) is 22.6 Å². The summed E-state index contributed by atoms with van der Waals surface area (Å²) in [5, 5.41) is 10.2. The van der Waals surface area contributed by atoms with Crippen LogP contribution in [0.4, 0.5) is 0 Å². The first-order chi connectivity index (χ1) is 14.4. The molecule has 1 aliphatic heterocycles. The zero-order valence-corrected chi connectivity index (χ0v) is 18.9. The molecule has 0 bridgehead atoms. The van der Waals surface area contributed by atoms with E-state index in [1.165, 1.54) is 11.8 Å². The van der Waals surface area contributed by atoms with Gasteiger partial charge in [-0.25, -0.2) is 4.98 Å². The van der Waals surface area contributed by atoms with Crippen LogP contribution < -0.4 is 9.47 Å². The Morgan fingerprint density at radius 2 is 2.03 bits per heavy atom. The van der Waals surface area contributed by atoms with Crippen LogP contribution in [0.1, 0.15) is 46.8 Å². The maximum absolute atomic E-state index is 13.1. The highest BCUT2D eigenvalue weighted by Gasteiger charge is 2.32. The van der Waals surface area contributed by atoms with E-state index in [1.54, 1.807) is 14.2 Å². The van der Waals surface area contributed by atoms with Gasteiger partial charge in [-0.05, 0) is 62.9 Å². The summed E-state index contributed by atoms with van der Waals surface area (Å²) < 4.78 is 10.9. The van der Waals surface area contributed by atoms with Gasteiger partial charge in [0.15, 0.2) is 0 Å². The van der Waals surface area contributed by atoms with E-state index in [1.807, 2.05) is 43.9 Å². The molecule has 0 N–H and O–H groups in total. The maximum atomic E-state index is 13.1. The van der Waals surface area contributed by atoms with Crippen LogP contribution in [0.3, 0.4) is 0 Å². The molecule has 158 valence electrons. The minimum atomic E-state index is -0.0481. The van der Waals surface area contributed by atoms with Crippen molar-refractivity contribution in [2.45, 2.75) is 44.7 Å². The molecule has 0 saturated carbocycles. The first-order valence-corrected chi connectivity index (χ1v) is 10.9. The Hall–Kier alpha value is -2.72. The number of aryl methyl sites for hydroxylation is 1. The average molecular weight is 426 g/mol. The van der Waals surface area contributed by atoms with Crippen molar-refractivity contribution < 1.29 is 14.3 Å². The van der Waals surface area contributed by atoms with Crippen LogP contribution in [0.2, 0.25) is 0 Å². The highest BCUT2D eigenvalue weighted by Crippen LogP contribution is 2.39. The SMILES string of the molecule is COc1ccc(OC)c(C2CCCN2C(=O)CSc2nc(C)c(C)c(C)c2C#N)c1. The van der Waals surface area contributed by atoms with Crippen LogP contribution >= 0.6 is 11.8 Å². The van der Waals surface area contributed by atoms with E-state index in [2.05, 4.69) is 11.1 Å². The zero-order chi connectivity index (χ0) is 21.8. The van der Waals surface area contributed by atoms with Crippen molar-refractivity contribution in [1.29, 1.82) is 5.26 Å². The third kappa shape index (κ3) is 4.24. The molecular weight excluding hydrogens is 398 g/mol. The maximum Gasteiger partial charge on any atom is 0.233 e. The number of hydrogen-bond donors (Lipinski definition) is 0. The van der Waals surface area contributed by atoms with Gasteiger partial charge in [0, 0.05) is 17.8 Å². The van der Waals surface area contributed by atoms with E-state index in [4.69, 9.17) is 9.47 Å². The fraction of sp³-hybridized carbons (Fsp3) is 0.435. The lowest BCUT2D eigenvalue weighted by Crippen LogP contribution is -2.32. The van der Waals surface area contributed by atoms with Gasteiger partial charge < -0.3 is 14.4 Å². The van der Waals surface area contributed by atoms with Gasteiger partial charge in [-0.1, -0.05) is 11.8 Å². The number of likely N-dealkylation sites (tertiary alicyclic amines) is 1. The van der Waals surface area contributed by atoms with Gasteiger partial charge in [-0.3, -0.25) is 4.79 Å². The molecule has 1 saturated heterocycles. The van der Waals surface area contributed by atoms with Crippen molar-refractivity contribution in [2.75, 3.05) is 26.5 Å². The molecule has 1 unspecified atom stereocenters. The first-order valence-electron chi connectivity index (χ1n) is 9.93. The summed E-state index contributed by atoms with van der Waals surface area (Å²) in [6, 6.07) is 7.89. The number of ether oxygens (including phenoxy) is 2. The molecule has 6 nitrogen and oxygen atoms in total. The molecule has 0 spiro atoms. The summed E-state index contributed by atoms with van der Waals surface area (Å²) in [5.74, 6) is 1.78. The predicted molar refractivity (Wildman–Crippen MR) is 117 cm³/mol. The molecule has 1 fully saturated rings. The highest BCUT2D eigenvalue weighted by molar-refractivity contribution is 8.00. The lowest BCUT2D eigenvalue weighted by Gasteiger charge is -2.26. The first kappa shape index (κ1) is 22.0. The van der Waals surface area contributed by atoms with Gasteiger partial charge in [-0.15, -0.1) is 0 Å². The van der Waals surface area contributed by atoms with E-state index in [-0.39, 0.29) is 17.7 Å². The van der Waals surface area contributed by atoms with E-state index < -0.39 is 0 Å². The van der Waals surface area contributed by atoms with Crippen LogP contribution in [0, 0.1) is 32.1 Å². The number of carbonyl (C=O) groups excluding carboxylic acids is 1. The second-order valence-corrected chi connectivity index (χ2v) is 8.34. The van der Waals surface area contributed by atoms with E-state index in [0.717, 1.165) is 46.7 Å². The van der Waals surface area contributed by atoms with E-state index in [0.29, 0.717) is 17.1 Å². The fourth-order valence-corrected chi connectivity index (χ4v) is 4.82. The Kier molecular flexibility index (Phi) is 6.88. The normalized spacial score (nSPS) is 15.7. The van der Waals surface area contributed by atoms with E-state index in [9.17, 15) is 10.1 Å². The topological polar surface area (TPSA) is 75.5 Å². The highest BCUT2D eigenvalue weighted by atomic mass is 32.2. The summed E-state index contributed by atoms with van der Waals surface area (Å²) in [6.45, 7) is 6.53. The number of aromatic nitrogens is 1. The number of amides is 1. The molecule has 1 aromatic heterocycles. The Balaban J connectivity index is 1.81. The van der Waals surface area contributed by atoms with Crippen molar-refractivity contribution >= 4 is 17.7 Å². The van der Waals surface area contributed by atoms with Crippen molar-refractivity contribution in [1.82, 2.24) is 9.88 Å². The van der Waals surface area contributed by atoms with Crippen LogP contribution in [0.5, 0.6) is 11.5 Å². The number of carbonyl (C=O) groups is 1. The van der Waals surface area contributed by atoms with Crippen molar-refractivity contribution in [3.05, 3.63) is 46.1 Å². The summed E-state index contributed by atoms with van der Waals surface area (Å²) in [4.78, 5) is 19.6. The monoisotopic (exact) mass is 425 g/mol. The molecule has 7 heteroatoms. The number of pyridine rings is 1. The summed E-state index contributed by atoms with van der Waals surface area (Å²) in [5.41, 5.74) is 4.36. The molecule has 2 heterocycles. The third-order valence-electron chi connectivity index (χ3n) is 5.78. The number of hydrogen-bond acceptors (Lipinski definition) is 6. The largest absolute Gasteiger partial charge is 0.497 e. The van der Waals surface area contributed by atoms with E-state index >= 15 is 0 Å². The summed E-state index contributed by atoms with van der Waals surface area (Å²) in [6.07, 6.45) is 1.82. The number of methoxy groups -OCH3 is 2. The van der Waals surface area contributed by atoms with Gasteiger partial charge in [0.2, 0.25) is 5.91 Å². The van der Waals surface area contributed by atoms with Crippen LogP contribution in [-0.2, 0) is 4.79 Å². The second kappa shape index (κ2) is 9.40. The van der Waals surface area contributed by atoms with Crippen LogP contribution in [-0.4, -0.2) is 42.3 Å². The molecule has 0 aliphatic carbocycles. The number of nitriles is 1. The number of benzene rings is 1. The van der Waals surface area contributed by atoms with Crippen molar-refractivity contribution in [3.63, 3.8) is 0 Å². The van der Waals surface area contributed by atoms with Gasteiger partial charge >= 0.3 is 0 Å². The van der Waals surface area contributed by atoms with Crippen LogP contribution in [0.25, 0.3) is 0 Å². The van der Waals surface area contributed by atoms with Gasteiger partial charge in [-0.2, -0.15) is 5.26 Å². The second-order valence-electron chi connectivity index (χ2n) is 7.38. The van der Waals surface area contributed by atoms with Gasteiger partial charge in [0.05, 0.1) is 31.6 Å². The molecule has 30 heavy (non-hydrogen) atoms. The molecule has 1 atom stereocenters. The molecule has 2 aromatic rings. The molecule has 0 radical (unpaired) electrons. The zero-order valence-electron chi connectivity index (χ0n) is 18.1. The Morgan fingerprint density at radius 1 is 1.27 bits per heavy atom. The Morgan fingerprint density at radius 3 is 2.70 bits per heavy atom. The minimum absolute atomic E-state index is 0.0361. The van der Waals surface area contributed by atoms with Crippen LogP contribution in [0.15, 0.2) is 23.2 Å². The molecule has 1 aliphatic rings. The number of thioether (sulfide) groups is 1. The minimum Gasteiger partial charge on any atom is -0.497 e. The molecule has 1 aromatic carbocycles. The third-order valence-corrected chi connectivity index (χ3v) is 6.74. The average Bonchev–Trinajstić information content (AvgIpc) is 3.25. The quantitative estimate of drug-likeness (QED) is 0.641. The van der Waals surface area contributed by atoms with Crippen molar-refractivity contribution in [3.8, 4) is 17.6 Å². The number of rotatable bonds is 6. The Bertz CT molecular complexity index is 1000. The fourth-order valence-electron chi connectivity index (χ4n) is 3.85. The van der Waals surface area contributed by atoms with Gasteiger partial charge in [0.25, 0.3) is 0 Å². The number of nitrogens with zero attached hydrogens (tertiary/aromatic N) is 3. The molecular formula is C23H27N3O3S. The summed E-state index contributed by atoms with van der Waals surface area (Å²) in [7, 11) is 3.27. The Labute approximate surface area is 182 Å². The predicted octanol–water partition coefficient (Wildman–Crippen LogP) is 4.35. The van der Waals surface area contributed by atoms with Crippen molar-refractivity contribution in [2.24, 2.45) is 0 Å². The molecule has 1 amide bonds. The lowest BCUT2D eigenvalue weighted by atomic mass is 10.0. The molecule has 3 rings (SSSR count). The lowest BCUT2D eigenvalue weighted by molar-refractivity contribution is -0.129. The standard InChI is InChI=1S/C23H27N3O3S/c1-14-15(2)19(12-24)23(25-16(14)3)30-13-22(27)26-10-6-7-20(26)18-11-17(28-4)8-9-21(18)29-5/h8-9,11,20H,6-7,10,13H2,1-5H3. The summed E-state index contributed by atoms with van der Waals surface area (Å²) >= 11 is 1.34. The smallest absolute Gasteiger partial charge is 0.233 e.